The molecule has 2 nitrogen and oxygen atoms in total. The van der Waals surface area contributed by atoms with E-state index in [0.717, 1.165) is 5.92 Å². The third kappa shape index (κ3) is 10.7. The molecule has 4 rings (SSSR count). The predicted molar refractivity (Wildman–Crippen MR) is 130 cm³/mol. The van der Waals surface area contributed by atoms with E-state index >= 15 is 0 Å². The average Bonchev–Trinajstić information content (AvgIpc) is 3.12. The Hall–Kier alpha value is -2.43. The van der Waals surface area contributed by atoms with Crippen LogP contribution < -0.4 is 15.9 Å². The van der Waals surface area contributed by atoms with Crippen LogP contribution in [0, 0.1) is 19.2 Å². The Bertz CT molecular complexity index is 836. The van der Waals surface area contributed by atoms with Crippen LogP contribution in [0.15, 0.2) is 115 Å². The molecule has 3 aromatic carbocycles. The average molecular weight is 482 g/mol. The van der Waals surface area contributed by atoms with E-state index in [0.29, 0.717) is 0 Å². The number of rotatable bonds is 3. The summed E-state index contributed by atoms with van der Waals surface area (Å²) in [7, 11) is -0.446. The van der Waals surface area contributed by atoms with Gasteiger partial charge in [0.1, 0.15) is 0 Å². The standard InChI is InChI=1S/C18H15P.C8H12.2CO.Fe/c1-4-10-16(11-5-1)19(17-12-6-2-7-13-17)18-14-8-3-9-15-18;1-8-6-4-2-3-5-7-8;2*1-2;/h1-15H;2-4,6,8H,5,7H2,1H3;;;/t;8-;;;/m.0.../s1. The summed E-state index contributed by atoms with van der Waals surface area (Å²) in [5, 5.41) is 4.19. The molecular formula is C28H27FeO2P. The van der Waals surface area contributed by atoms with Gasteiger partial charge < -0.3 is 0 Å². The topological polar surface area (TPSA) is 39.8 Å². The molecule has 164 valence electrons. The van der Waals surface area contributed by atoms with E-state index in [9.17, 15) is 0 Å². The minimum atomic E-state index is -0.446. The van der Waals surface area contributed by atoms with E-state index in [-0.39, 0.29) is 17.1 Å². The van der Waals surface area contributed by atoms with Gasteiger partial charge in [-0.25, -0.2) is 0 Å². The molecule has 0 amide bonds. The molecule has 0 N–H and O–H groups in total. The smallest absolute Gasteiger partial charge is 0 e. The van der Waals surface area contributed by atoms with Crippen LogP contribution in [0.1, 0.15) is 19.8 Å². The maximum absolute atomic E-state index is 7.50. The van der Waals surface area contributed by atoms with Gasteiger partial charge in [-0.1, -0.05) is 122 Å². The van der Waals surface area contributed by atoms with Gasteiger partial charge in [0.05, 0.1) is 0 Å². The third-order valence-corrected chi connectivity index (χ3v) is 6.96. The van der Waals surface area contributed by atoms with Gasteiger partial charge >= 0.3 is 22.6 Å². The summed E-state index contributed by atoms with van der Waals surface area (Å²) < 4.78 is 15.0. The van der Waals surface area contributed by atoms with E-state index in [4.69, 9.17) is 9.30 Å². The molecule has 0 heterocycles. The van der Waals surface area contributed by atoms with Crippen LogP contribution in [0.4, 0.5) is 0 Å². The van der Waals surface area contributed by atoms with Crippen LogP contribution in [-0.4, -0.2) is 0 Å². The maximum Gasteiger partial charge on any atom is 0 e. The van der Waals surface area contributed by atoms with Crippen molar-refractivity contribution < 1.29 is 26.4 Å². The monoisotopic (exact) mass is 482 g/mol. The van der Waals surface area contributed by atoms with Crippen molar-refractivity contribution in [2.45, 2.75) is 19.8 Å². The second kappa shape index (κ2) is 19.3. The molecule has 0 unspecified atom stereocenters. The fourth-order valence-electron chi connectivity index (χ4n) is 3.06. The summed E-state index contributed by atoms with van der Waals surface area (Å²) in [6, 6.07) is 32.3. The summed E-state index contributed by atoms with van der Waals surface area (Å²) in [5.41, 5.74) is 0. The van der Waals surface area contributed by atoms with E-state index in [2.05, 4.69) is 136 Å². The first-order chi connectivity index (χ1) is 15.3. The predicted octanol–water partition coefficient (Wildman–Crippen LogP) is 5.90. The van der Waals surface area contributed by atoms with Crippen LogP contribution in [0.3, 0.4) is 0 Å². The van der Waals surface area contributed by atoms with Crippen LogP contribution in [0.5, 0.6) is 0 Å². The van der Waals surface area contributed by atoms with E-state index in [1.165, 1.54) is 28.8 Å². The summed E-state index contributed by atoms with van der Waals surface area (Å²) >= 11 is 0. The van der Waals surface area contributed by atoms with Gasteiger partial charge in [-0.3, -0.25) is 0 Å². The zero-order chi connectivity index (χ0) is 22.7. The van der Waals surface area contributed by atoms with Crippen molar-refractivity contribution in [1.29, 1.82) is 0 Å². The first kappa shape index (κ1) is 29.6. The van der Waals surface area contributed by atoms with E-state index in [1.54, 1.807) is 0 Å². The quantitative estimate of drug-likeness (QED) is 0.193. The Kier molecular flexibility index (Phi) is 17.8. The van der Waals surface area contributed by atoms with Crippen LogP contribution in [-0.2, 0) is 26.4 Å². The van der Waals surface area contributed by atoms with Crippen molar-refractivity contribution in [3.05, 3.63) is 129 Å². The molecule has 3 aromatic rings. The largest absolute Gasteiger partial charge is 0.0622 e. The fourth-order valence-corrected chi connectivity index (χ4v) is 5.37. The SMILES string of the molecule is C[C@H]1C=CC=CCC1.[C-]#[O+].[C-]#[O+].[Fe].c1ccc(P(c2ccccc2)c2ccccc2)cc1. The van der Waals surface area contributed by atoms with Crippen molar-refractivity contribution in [2.75, 3.05) is 0 Å². The molecule has 1 aliphatic carbocycles. The van der Waals surface area contributed by atoms with Crippen molar-refractivity contribution in [3.8, 4) is 0 Å². The van der Waals surface area contributed by atoms with E-state index in [1.807, 2.05) is 0 Å². The second-order valence-corrected chi connectivity index (χ2v) is 8.93. The maximum atomic E-state index is 7.50. The molecule has 0 saturated carbocycles. The van der Waals surface area contributed by atoms with Crippen molar-refractivity contribution >= 4 is 23.8 Å². The fraction of sp³-hybridized carbons (Fsp3) is 0.143. The Morgan fingerprint density at radius 2 is 1.03 bits per heavy atom. The molecule has 1 aliphatic rings. The van der Waals surface area contributed by atoms with E-state index < -0.39 is 7.92 Å². The van der Waals surface area contributed by atoms with Crippen LogP contribution >= 0.6 is 7.92 Å². The van der Waals surface area contributed by atoms with Gasteiger partial charge in [-0.05, 0) is 42.6 Å². The first-order valence-corrected chi connectivity index (χ1v) is 11.4. The number of hydrogen-bond donors (Lipinski definition) is 0. The second-order valence-electron chi connectivity index (χ2n) is 6.71. The normalized spacial score (nSPS) is 13.4. The minimum absolute atomic E-state index is 0. The van der Waals surface area contributed by atoms with Gasteiger partial charge in [0.2, 0.25) is 0 Å². The molecule has 0 saturated heterocycles. The van der Waals surface area contributed by atoms with Gasteiger partial charge in [-0.2, -0.15) is 0 Å². The number of hydrogen-bond acceptors (Lipinski definition) is 0. The Balaban J connectivity index is 0.000000625. The van der Waals surface area contributed by atoms with Gasteiger partial charge in [0.15, 0.2) is 0 Å². The van der Waals surface area contributed by atoms with Crippen molar-refractivity contribution in [2.24, 2.45) is 5.92 Å². The summed E-state index contributed by atoms with van der Waals surface area (Å²) in [4.78, 5) is 0. The van der Waals surface area contributed by atoms with Gasteiger partial charge in [-0.15, -0.1) is 0 Å². The zero-order valence-corrected chi connectivity index (χ0v) is 20.1. The van der Waals surface area contributed by atoms with Crippen LogP contribution in [0.25, 0.3) is 0 Å². The minimum Gasteiger partial charge on any atom is -0.0622 e. The van der Waals surface area contributed by atoms with Gasteiger partial charge in [0.25, 0.3) is 0 Å². The Morgan fingerprint density at radius 1 is 0.656 bits per heavy atom. The van der Waals surface area contributed by atoms with Crippen LogP contribution in [0.2, 0.25) is 0 Å². The summed E-state index contributed by atoms with van der Waals surface area (Å²) in [5.74, 6) is 0.782. The summed E-state index contributed by atoms with van der Waals surface area (Å²) in [6.07, 6.45) is 11.3. The molecule has 1 atom stereocenters. The molecule has 0 fully saturated rings. The van der Waals surface area contributed by atoms with Crippen molar-refractivity contribution in [1.82, 2.24) is 0 Å². The molecular weight excluding hydrogens is 455 g/mol. The Morgan fingerprint density at radius 3 is 1.41 bits per heavy atom. The molecule has 4 heteroatoms. The molecule has 0 bridgehead atoms. The first-order valence-electron chi connectivity index (χ1n) is 10.0. The molecule has 0 radical (unpaired) electrons. The number of allylic oxidation sites excluding steroid dienone is 4. The third-order valence-electron chi connectivity index (χ3n) is 4.52. The van der Waals surface area contributed by atoms with Crippen molar-refractivity contribution in [3.63, 3.8) is 0 Å². The van der Waals surface area contributed by atoms with Gasteiger partial charge in [0, 0.05) is 17.1 Å². The molecule has 0 spiro atoms. The Labute approximate surface area is 204 Å². The summed E-state index contributed by atoms with van der Waals surface area (Å²) in [6.45, 7) is 11.3. The zero-order valence-electron chi connectivity index (χ0n) is 18.1. The molecule has 32 heavy (non-hydrogen) atoms. The number of benzene rings is 3. The molecule has 0 aliphatic heterocycles. The molecule has 0 aromatic heterocycles.